The summed E-state index contributed by atoms with van der Waals surface area (Å²) < 4.78 is 5.00. The summed E-state index contributed by atoms with van der Waals surface area (Å²) in [5.41, 5.74) is 0. The number of furan rings is 1. The van der Waals surface area contributed by atoms with Crippen molar-refractivity contribution in [1.29, 1.82) is 0 Å². The molecule has 2 aromatic heterocycles. The molecule has 2 fully saturated rings. The maximum absolute atomic E-state index is 12.4. The van der Waals surface area contributed by atoms with Crippen LogP contribution in [0.4, 0.5) is 17.5 Å². The first-order valence-electron chi connectivity index (χ1n) is 8.99. The largest absolute Gasteiger partial charge is 0.433 e. The van der Waals surface area contributed by atoms with Crippen LogP contribution in [0.25, 0.3) is 0 Å². The SMILES string of the molecule is O=C(c1ccc([N+](=O)[O-])o1)N1CCN(c2ccc(N3CCCC3)nn2)CC1. The van der Waals surface area contributed by atoms with E-state index in [9.17, 15) is 14.9 Å². The first kappa shape index (κ1) is 17.3. The Morgan fingerprint density at radius 3 is 2.04 bits per heavy atom. The molecule has 4 heterocycles. The third kappa shape index (κ3) is 3.55. The molecule has 0 radical (unpaired) electrons. The number of hydrogen-bond acceptors (Lipinski definition) is 8. The van der Waals surface area contributed by atoms with E-state index in [2.05, 4.69) is 20.0 Å². The van der Waals surface area contributed by atoms with Gasteiger partial charge in [-0.2, -0.15) is 0 Å². The zero-order chi connectivity index (χ0) is 18.8. The molecular formula is C17H20N6O4. The van der Waals surface area contributed by atoms with Crippen molar-refractivity contribution in [2.45, 2.75) is 12.8 Å². The van der Waals surface area contributed by atoms with E-state index in [0.29, 0.717) is 26.2 Å². The number of nitro groups is 1. The smallest absolute Gasteiger partial charge is 0.395 e. The standard InChI is InChI=1S/C17H20N6O4/c24-17(13-3-6-16(27-13)23(25)26)22-11-9-21(10-12-22)15-5-4-14(18-19-15)20-7-1-2-8-20/h3-6H,1-2,7-12H2. The van der Waals surface area contributed by atoms with Gasteiger partial charge in [-0.1, -0.05) is 0 Å². The van der Waals surface area contributed by atoms with Crippen molar-refractivity contribution in [3.05, 3.63) is 40.1 Å². The molecule has 0 bridgehead atoms. The summed E-state index contributed by atoms with van der Waals surface area (Å²) >= 11 is 0. The van der Waals surface area contributed by atoms with Crippen LogP contribution in [-0.4, -0.2) is 65.2 Å². The highest BCUT2D eigenvalue weighted by molar-refractivity contribution is 5.92. The monoisotopic (exact) mass is 372 g/mol. The normalized spacial score (nSPS) is 17.4. The Morgan fingerprint density at radius 2 is 1.52 bits per heavy atom. The van der Waals surface area contributed by atoms with Crippen molar-refractivity contribution < 1.29 is 14.1 Å². The Bertz CT molecular complexity index is 822. The fraction of sp³-hybridized carbons (Fsp3) is 0.471. The van der Waals surface area contributed by atoms with Gasteiger partial charge in [-0.3, -0.25) is 14.9 Å². The summed E-state index contributed by atoms with van der Waals surface area (Å²) in [5, 5.41) is 19.4. The number of piperazine rings is 1. The fourth-order valence-electron chi connectivity index (χ4n) is 3.44. The van der Waals surface area contributed by atoms with E-state index in [1.54, 1.807) is 4.90 Å². The van der Waals surface area contributed by atoms with Crippen molar-refractivity contribution >= 4 is 23.4 Å². The molecule has 0 atom stereocenters. The summed E-state index contributed by atoms with van der Waals surface area (Å²) in [6.07, 6.45) is 2.39. The van der Waals surface area contributed by atoms with Crippen LogP contribution in [0.15, 0.2) is 28.7 Å². The van der Waals surface area contributed by atoms with Crippen LogP contribution in [0.5, 0.6) is 0 Å². The highest BCUT2D eigenvalue weighted by Gasteiger charge is 2.26. The topological polar surface area (TPSA) is 109 Å². The fourth-order valence-corrected chi connectivity index (χ4v) is 3.44. The van der Waals surface area contributed by atoms with Crippen LogP contribution < -0.4 is 9.80 Å². The van der Waals surface area contributed by atoms with Gasteiger partial charge in [-0.25, -0.2) is 0 Å². The Morgan fingerprint density at radius 1 is 0.926 bits per heavy atom. The zero-order valence-electron chi connectivity index (χ0n) is 14.8. The van der Waals surface area contributed by atoms with E-state index in [-0.39, 0.29) is 11.7 Å². The number of hydrogen-bond donors (Lipinski definition) is 0. The summed E-state index contributed by atoms with van der Waals surface area (Å²) in [4.78, 5) is 28.4. The van der Waals surface area contributed by atoms with Crippen LogP contribution in [0.2, 0.25) is 0 Å². The van der Waals surface area contributed by atoms with E-state index in [1.165, 1.54) is 25.0 Å². The number of nitrogens with zero attached hydrogens (tertiary/aromatic N) is 6. The van der Waals surface area contributed by atoms with E-state index < -0.39 is 10.8 Å². The van der Waals surface area contributed by atoms with E-state index in [4.69, 9.17) is 4.42 Å². The van der Waals surface area contributed by atoms with Gasteiger partial charge >= 0.3 is 5.88 Å². The predicted molar refractivity (Wildman–Crippen MR) is 97.0 cm³/mol. The lowest BCUT2D eigenvalue weighted by atomic mass is 10.3. The zero-order valence-corrected chi connectivity index (χ0v) is 14.8. The molecule has 2 aliphatic heterocycles. The second-order valence-corrected chi connectivity index (χ2v) is 6.62. The van der Waals surface area contributed by atoms with Gasteiger partial charge in [0, 0.05) is 39.3 Å². The molecule has 27 heavy (non-hydrogen) atoms. The molecule has 2 saturated heterocycles. The Labute approximate surface area is 155 Å². The van der Waals surface area contributed by atoms with Gasteiger partial charge < -0.3 is 19.1 Å². The van der Waals surface area contributed by atoms with Crippen molar-refractivity contribution in [2.24, 2.45) is 0 Å². The Balaban J connectivity index is 1.35. The summed E-state index contributed by atoms with van der Waals surface area (Å²) in [5.74, 6) is 0.927. The maximum atomic E-state index is 12.4. The van der Waals surface area contributed by atoms with Crippen LogP contribution in [0, 0.1) is 10.1 Å². The lowest BCUT2D eigenvalue weighted by Crippen LogP contribution is -2.49. The molecule has 1 amide bonds. The molecule has 142 valence electrons. The van der Waals surface area contributed by atoms with Gasteiger partial charge in [-0.15, -0.1) is 10.2 Å². The molecule has 10 nitrogen and oxygen atoms in total. The number of aromatic nitrogens is 2. The lowest BCUT2D eigenvalue weighted by molar-refractivity contribution is -0.402. The molecule has 2 aliphatic rings. The van der Waals surface area contributed by atoms with Gasteiger partial charge in [0.15, 0.2) is 17.4 Å². The minimum absolute atomic E-state index is 0.00934. The molecule has 0 aromatic carbocycles. The third-order valence-electron chi connectivity index (χ3n) is 4.94. The number of rotatable bonds is 4. The van der Waals surface area contributed by atoms with Gasteiger partial charge in [0.1, 0.15) is 4.92 Å². The number of carbonyl (C=O) groups is 1. The first-order chi connectivity index (χ1) is 13.1. The van der Waals surface area contributed by atoms with E-state index >= 15 is 0 Å². The van der Waals surface area contributed by atoms with Gasteiger partial charge in [0.25, 0.3) is 5.91 Å². The Hall–Kier alpha value is -3.17. The van der Waals surface area contributed by atoms with Crippen LogP contribution in [0.3, 0.4) is 0 Å². The molecule has 0 spiro atoms. The lowest BCUT2D eigenvalue weighted by Gasteiger charge is -2.34. The van der Waals surface area contributed by atoms with Crippen molar-refractivity contribution in [2.75, 3.05) is 49.1 Å². The number of carbonyl (C=O) groups excluding carboxylic acids is 1. The van der Waals surface area contributed by atoms with Crippen LogP contribution >= 0.6 is 0 Å². The van der Waals surface area contributed by atoms with Gasteiger partial charge in [0.05, 0.1) is 6.07 Å². The minimum Gasteiger partial charge on any atom is -0.395 e. The Kier molecular flexibility index (Phi) is 4.61. The number of anilines is 2. The van der Waals surface area contributed by atoms with Crippen molar-refractivity contribution in [3.63, 3.8) is 0 Å². The molecule has 4 rings (SSSR count). The quantitative estimate of drug-likeness (QED) is 0.587. The summed E-state index contributed by atoms with van der Waals surface area (Å²) in [6.45, 7) is 4.27. The minimum atomic E-state index is -0.654. The van der Waals surface area contributed by atoms with Gasteiger partial charge in [0.2, 0.25) is 0 Å². The second kappa shape index (κ2) is 7.22. The molecule has 0 unspecified atom stereocenters. The third-order valence-corrected chi connectivity index (χ3v) is 4.94. The highest BCUT2D eigenvalue weighted by atomic mass is 16.6. The van der Waals surface area contributed by atoms with Crippen molar-refractivity contribution in [3.8, 4) is 0 Å². The molecule has 0 saturated carbocycles. The van der Waals surface area contributed by atoms with Crippen LogP contribution in [0.1, 0.15) is 23.4 Å². The first-order valence-corrected chi connectivity index (χ1v) is 8.99. The average Bonchev–Trinajstić information content (AvgIpc) is 3.40. The molecule has 10 heteroatoms. The second-order valence-electron chi connectivity index (χ2n) is 6.62. The maximum Gasteiger partial charge on any atom is 0.433 e. The molecule has 0 N–H and O–H groups in total. The summed E-state index contributed by atoms with van der Waals surface area (Å²) in [6, 6.07) is 6.50. The highest BCUT2D eigenvalue weighted by Crippen LogP contribution is 2.21. The number of amides is 1. The average molecular weight is 372 g/mol. The van der Waals surface area contributed by atoms with E-state index in [1.807, 2.05) is 12.1 Å². The molecule has 2 aromatic rings. The molecule has 0 aliphatic carbocycles. The van der Waals surface area contributed by atoms with Gasteiger partial charge in [-0.05, 0) is 31.0 Å². The van der Waals surface area contributed by atoms with E-state index in [0.717, 1.165) is 24.7 Å². The van der Waals surface area contributed by atoms with Crippen LogP contribution in [-0.2, 0) is 0 Å². The van der Waals surface area contributed by atoms with Crippen molar-refractivity contribution in [1.82, 2.24) is 15.1 Å². The molecular weight excluding hydrogens is 352 g/mol. The summed E-state index contributed by atoms with van der Waals surface area (Å²) in [7, 11) is 0. The predicted octanol–water partition coefficient (Wildman–Crippen LogP) is 1.54.